The highest BCUT2D eigenvalue weighted by Gasteiger charge is 2.19. The molecule has 1 aromatic heterocycles. The zero-order valence-electron chi connectivity index (χ0n) is 11.4. The van der Waals surface area contributed by atoms with Crippen LogP contribution in [0.1, 0.15) is 18.5 Å². The van der Waals surface area contributed by atoms with Crippen LogP contribution in [0.25, 0.3) is 0 Å². The van der Waals surface area contributed by atoms with Crippen LogP contribution >= 0.6 is 0 Å². The predicted octanol–water partition coefficient (Wildman–Crippen LogP) is 1.75. The summed E-state index contributed by atoms with van der Waals surface area (Å²) in [5.41, 5.74) is 1.06. The van der Waals surface area contributed by atoms with E-state index in [0.29, 0.717) is 6.73 Å². The second kappa shape index (κ2) is 7.09. The van der Waals surface area contributed by atoms with E-state index in [1.165, 1.54) is 0 Å². The summed E-state index contributed by atoms with van der Waals surface area (Å²) in [5, 5.41) is 0. The summed E-state index contributed by atoms with van der Waals surface area (Å²) < 4.78 is 5.27. The van der Waals surface area contributed by atoms with E-state index < -0.39 is 0 Å². The first-order valence-electron chi connectivity index (χ1n) is 6.76. The number of ether oxygens (including phenoxy) is 1. The number of likely N-dealkylation sites (N-methyl/N-ethyl adjacent to an activating group) is 1. The molecule has 5 nitrogen and oxygen atoms in total. The lowest BCUT2D eigenvalue weighted by molar-refractivity contribution is 0.0598. The van der Waals surface area contributed by atoms with Gasteiger partial charge in [0.25, 0.3) is 0 Å². The summed E-state index contributed by atoms with van der Waals surface area (Å²) in [7, 11) is 1.94. The van der Waals surface area contributed by atoms with Crippen LogP contribution in [-0.4, -0.2) is 54.3 Å². The van der Waals surface area contributed by atoms with Crippen molar-refractivity contribution in [2.75, 3.05) is 33.4 Å². The van der Waals surface area contributed by atoms with Gasteiger partial charge < -0.3 is 9.64 Å². The van der Waals surface area contributed by atoms with Crippen LogP contribution < -0.4 is 0 Å². The summed E-state index contributed by atoms with van der Waals surface area (Å²) in [5.74, 6) is 0. The molecule has 2 heterocycles. The highest BCUT2D eigenvalue weighted by atomic mass is 16.6. The van der Waals surface area contributed by atoms with E-state index in [4.69, 9.17) is 4.74 Å². The van der Waals surface area contributed by atoms with Gasteiger partial charge in [0.05, 0.1) is 0 Å². The molecule has 0 N–H and O–H groups in total. The zero-order valence-corrected chi connectivity index (χ0v) is 11.4. The van der Waals surface area contributed by atoms with Gasteiger partial charge in [-0.05, 0) is 32.0 Å². The minimum absolute atomic E-state index is 0.192. The molecule has 2 rings (SSSR count). The molecular formula is C14H21N3O2. The zero-order chi connectivity index (χ0) is 13.5. The Bertz CT molecular complexity index is 391. The molecule has 0 atom stereocenters. The number of hydrogen-bond donors (Lipinski definition) is 0. The Hall–Kier alpha value is -1.62. The van der Waals surface area contributed by atoms with Gasteiger partial charge in [-0.1, -0.05) is 6.07 Å². The van der Waals surface area contributed by atoms with Crippen molar-refractivity contribution in [3.8, 4) is 0 Å². The highest BCUT2D eigenvalue weighted by Crippen LogP contribution is 2.08. The molecule has 0 aromatic carbocycles. The predicted molar refractivity (Wildman–Crippen MR) is 72.7 cm³/mol. The minimum atomic E-state index is -0.192. The summed E-state index contributed by atoms with van der Waals surface area (Å²) in [6.07, 6.45) is 4.64. The smallest absolute Gasteiger partial charge is 0.411 e. The van der Waals surface area contributed by atoms with Gasteiger partial charge in [-0.15, -0.1) is 0 Å². The highest BCUT2D eigenvalue weighted by molar-refractivity contribution is 5.67. The molecule has 1 aliphatic heterocycles. The summed E-state index contributed by atoms with van der Waals surface area (Å²) >= 11 is 0. The number of hydrogen-bond acceptors (Lipinski definition) is 4. The fourth-order valence-electron chi connectivity index (χ4n) is 2.07. The Morgan fingerprint density at radius 2 is 2.21 bits per heavy atom. The van der Waals surface area contributed by atoms with E-state index in [1.807, 2.05) is 30.1 Å². The first-order chi connectivity index (χ1) is 9.25. The second-order valence-corrected chi connectivity index (χ2v) is 4.88. The molecule has 0 aliphatic carbocycles. The van der Waals surface area contributed by atoms with Crippen molar-refractivity contribution in [1.82, 2.24) is 14.8 Å². The molecule has 0 spiro atoms. The molecule has 0 unspecified atom stereocenters. The topological polar surface area (TPSA) is 45.7 Å². The standard InChI is InChI=1S/C14H21N3O2/c1-16(11-7-13-6-2-3-8-15-13)12-19-14(18)17-9-4-5-10-17/h2-3,6,8H,4-5,7,9-12H2,1H3. The van der Waals surface area contributed by atoms with Gasteiger partial charge in [0, 0.05) is 37.9 Å². The normalized spacial score (nSPS) is 14.9. The molecule has 1 fully saturated rings. The van der Waals surface area contributed by atoms with Gasteiger partial charge in [0.2, 0.25) is 0 Å². The molecule has 19 heavy (non-hydrogen) atoms. The molecule has 1 saturated heterocycles. The lowest BCUT2D eigenvalue weighted by Gasteiger charge is -2.20. The molecule has 0 saturated carbocycles. The molecule has 1 aliphatic rings. The first kappa shape index (κ1) is 13.8. The Morgan fingerprint density at radius 1 is 1.42 bits per heavy atom. The Labute approximate surface area is 114 Å². The van der Waals surface area contributed by atoms with Crippen LogP contribution in [0.4, 0.5) is 4.79 Å². The van der Waals surface area contributed by atoms with E-state index in [9.17, 15) is 4.79 Å². The number of amides is 1. The molecular weight excluding hydrogens is 242 g/mol. The number of aromatic nitrogens is 1. The lowest BCUT2D eigenvalue weighted by atomic mass is 10.2. The second-order valence-electron chi connectivity index (χ2n) is 4.88. The number of pyridine rings is 1. The largest absolute Gasteiger partial charge is 0.433 e. The SMILES string of the molecule is CN(CCc1ccccn1)COC(=O)N1CCCC1. The third-order valence-corrected chi connectivity index (χ3v) is 3.25. The number of likely N-dealkylation sites (tertiary alicyclic amines) is 1. The van der Waals surface area contributed by atoms with E-state index in [2.05, 4.69) is 4.98 Å². The van der Waals surface area contributed by atoms with Crippen LogP contribution in [0.2, 0.25) is 0 Å². The van der Waals surface area contributed by atoms with Crippen molar-refractivity contribution in [2.45, 2.75) is 19.3 Å². The molecule has 5 heteroatoms. The van der Waals surface area contributed by atoms with Crippen LogP contribution in [0.15, 0.2) is 24.4 Å². The van der Waals surface area contributed by atoms with Crippen molar-refractivity contribution in [1.29, 1.82) is 0 Å². The lowest BCUT2D eigenvalue weighted by Crippen LogP contribution is -2.33. The van der Waals surface area contributed by atoms with Crippen LogP contribution in [0.5, 0.6) is 0 Å². The Morgan fingerprint density at radius 3 is 2.89 bits per heavy atom. The number of carbonyl (C=O) groups excluding carboxylic acids is 1. The molecule has 104 valence electrons. The maximum absolute atomic E-state index is 11.7. The summed E-state index contributed by atoms with van der Waals surface area (Å²) in [6, 6.07) is 5.89. The van der Waals surface area contributed by atoms with E-state index in [1.54, 1.807) is 11.1 Å². The quantitative estimate of drug-likeness (QED) is 0.759. The van der Waals surface area contributed by atoms with Crippen LogP contribution in [0.3, 0.4) is 0 Å². The minimum Gasteiger partial charge on any atom is -0.433 e. The fraction of sp³-hybridized carbons (Fsp3) is 0.571. The van der Waals surface area contributed by atoms with Gasteiger partial charge in [-0.3, -0.25) is 9.88 Å². The molecule has 0 bridgehead atoms. The number of rotatable bonds is 5. The van der Waals surface area contributed by atoms with Crippen molar-refractivity contribution in [2.24, 2.45) is 0 Å². The van der Waals surface area contributed by atoms with E-state index >= 15 is 0 Å². The van der Waals surface area contributed by atoms with Gasteiger partial charge in [-0.2, -0.15) is 0 Å². The molecule has 1 aromatic rings. The number of nitrogens with zero attached hydrogens (tertiary/aromatic N) is 3. The van der Waals surface area contributed by atoms with E-state index in [-0.39, 0.29) is 6.09 Å². The Kier molecular flexibility index (Phi) is 5.15. The van der Waals surface area contributed by atoms with Crippen molar-refractivity contribution in [3.63, 3.8) is 0 Å². The third kappa shape index (κ3) is 4.52. The van der Waals surface area contributed by atoms with Gasteiger partial charge in [0.1, 0.15) is 6.73 Å². The monoisotopic (exact) mass is 263 g/mol. The van der Waals surface area contributed by atoms with Crippen molar-refractivity contribution in [3.05, 3.63) is 30.1 Å². The summed E-state index contributed by atoms with van der Waals surface area (Å²) in [4.78, 5) is 19.7. The van der Waals surface area contributed by atoms with Crippen LogP contribution in [-0.2, 0) is 11.2 Å². The fourth-order valence-corrected chi connectivity index (χ4v) is 2.07. The third-order valence-electron chi connectivity index (χ3n) is 3.25. The Balaban J connectivity index is 1.64. The first-order valence-corrected chi connectivity index (χ1v) is 6.76. The van der Waals surface area contributed by atoms with Gasteiger partial charge in [0.15, 0.2) is 0 Å². The summed E-state index contributed by atoms with van der Waals surface area (Å²) in [6.45, 7) is 2.82. The van der Waals surface area contributed by atoms with Gasteiger partial charge in [-0.25, -0.2) is 4.79 Å². The van der Waals surface area contributed by atoms with Gasteiger partial charge >= 0.3 is 6.09 Å². The average Bonchev–Trinajstić information content (AvgIpc) is 2.98. The van der Waals surface area contributed by atoms with Crippen molar-refractivity contribution >= 4 is 6.09 Å². The maximum atomic E-state index is 11.7. The van der Waals surface area contributed by atoms with E-state index in [0.717, 1.165) is 44.6 Å². The maximum Gasteiger partial charge on any atom is 0.411 e. The molecule has 1 amide bonds. The van der Waals surface area contributed by atoms with Crippen molar-refractivity contribution < 1.29 is 9.53 Å². The number of carbonyl (C=O) groups is 1. The average molecular weight is 263 g/mol. The van der Waals surface area contributed by atoms with Crippen LogP contribution in [0, 0.1) is 0 Å². The molecule has 0 radical (unpaired) electrons.